The van der Waals surface area contributed by atoms with E-state index in [1.807, 2.05) is 0 Å². The normalized spacial score (nSPS) is 31.6. The number of hydrogen-bond acceptors (Lipinski definition) is 2. The summed E-state index contributed by atoms with van der Waals surface area (Å²) in [5.74, 6) is 1.04. The van der Waals surface area contributed by atoms with Crippen LogP contribution < -0.4 is 10.6 Å². The van der Waals surface area contributed by atoms with Gasteiger partial charge in [0.05, 0.1) is 0 Å². The minimum Gasteiger partial charge on any atom is -0.354 e. The lowest BCUT2D eigenvalue weighted by Gasteiger charge is -2.29. The van der Waals surface area contributed by atoms with Crippen molar-refractivity contribution in [1.29, 1.82) is 0 Å². The second-order valence-corrected chi connectivity index (χ2v) is 6.45. The largest absolute Gasteiger partial charge is 0.354 e. The van der Waals surface area contributed by atoms with E-state index in [2.05, 4.69) is 34.4 Å². The van der Waals surface area contributed by atoms with E-state index < -0.39 is 0 Å². The Labute approximate surface area is 140 Å². The topological polar surface area (TPSA) is 39.7 Å². The maximum Gasteiger partial charge on any atom is 0.191 e. The average Bonchev–Trinajstić information content (AvgIpc) is 3.09. The molecule has 2 saturated carbocycles. The van der Waals surface area contributed by atoms with E-state index in [0.29, 0.717) is 12.1 Å². The van der Waals surface area contributed by atoms with Crippen LogP contribution in [-0.4, -0.2) is 48.1 Å². The molecule has 0 spiro atoms. The Bertz CT molecular complexity index is 339. The van der Waals surface area contributed by atoms with Crippen molar-refractivity contribution < 1.29 is 0 Å². The second kappa shape index (κ2) is 7.29. The first-order valence-electron chi connectivity index (χ1n) is 8.09. The molecule has 3 rings (SSSR count). The summed E-state index contributed by atoms with van der Waals surface area (Å²) in [4.78, 5) is 7.28. The first kappa shape index (κ1) is 16.3. The number of halogens is 1. The highest BCUT2D eigenvalue weighted by molar-refractivity contribution is 14.0. The Kier molecular flexibility index (Phi) is 5.95. The van der Waals surface area contributed by atoms with Gasteiger partial charge in [0.2, 0.25) is 0 Å². The monoisotopic (exact) mass is 392 g/mol. The van der Waals surface area contributed by atoms with Crippen molar-refractivity contribution in [2.24, 2.45) is 4.99 Å². The molecule has 3 aliphatic rings. The molecule has 2 aliphatic carbocycles. The number of rotatable bonds is 4. The molecular formula is C15H29IN4. The smallest absolute Gasteiger partial charge is 0.191 e. The SMILES string of the molecule is CCN=C(NC1CCC1)NC1CC(C)N(C2CC2)C1.I. The third kappa shape index (κ3) is 4.00. The summed E-state index contributed by atoms with van der Waals surface area (Å²) in [5.41, 5.74) is 0. The molecule has 1 saturated heterocycles. The van der Waals surface area contributed by atoms with Crippen molar-refractivity contribution in [3.8, 4) is 0 Å². The molecule has 1 aliphatic heterocycles. The van der Waals surface area contributed by atoms with Crippen LogP contribution in [0.4, 0.5) is 0 Å². The summed E-state index contributed by atoms with van der Waals surface area (Å²) in [6.45, 7) is 6.53. The molecule has 0 aromatic carbocycles. The summed E-state index contributed by atoms with van der Waals surface area (Å²) >= 11 is 0. The lowest BCUT2D eigenvalue weighted by molar-refractivity contribution is 0.256. The van der Waals surface area contributed by atoms with E-state index in [1.54, 1.807) is 0 Å². The van der Waals surface area contributed by atoms with E-state index in [-0.39, 0.29) is 24.0 Å². The van der Waals surface area contributed by atoms with Crippen LogP contribution in [0.15, 0.2) is 4.99 Å². The van der Waals surface area contributed by atoms with Gasteiger partial charge in [0.15, 0.2) is 5.96 Å². The summed E-state index contributed by atoms with van der Waals surface area (Å²) in [5, 5.41) is 7.23. The van der Waals surface area contributed by atoms with Gasteiger partial charge in [-0.25, -0.2) is 0 Å². The van der Waals surface area contributed by atoms with Gasteiger partial charge in [-0.3, -0.25) is 9.89 Å². The van der Waals surface area contributed by atoms with Gasteiger partial charge >= 0.3 is 0 Å². The number of nitrogens with one attached hydrogen (secondary N) is 2. The molecule has 1 heterocycles. The molecule has 4 nitrogen and oxygen atoms in total. The van der Waals surface area contributed by atoms with Crippen LogP contribution >= 0.6 is 24.0 Å². The minimum atomic E-state index is 0. The Morgan fingerprint density at radius 3 is 2.40 bits per heavy atom. The number of guanidine groups is 1. The molecule has 0 aromatic rings. The molecule has 116 valence electrons. The zero-order chi connectivity index (χ0) is 13.2. The molecule has 0 amide bonds. The zero-order valence-electron chi connectivity index (χ0n) is 12.8. The molecule has 2 atom stereocenters. The molecule has 0 radical (unpaired) electrons. The van der Waals surface area contributed by atoms with Crippen molar-refractivity contribution in [3.05, 3.63) is 0 Å². The molecule has 3 fully saturated rings. The summed E-state index contributed by atoms with van der Waals surface area (Å²) < 4.78 is 0. The Hall–Kier alpha value is -0.0400. The predicted molar refractivity (Wildman–Crippen MR) is 94.9 cm³/mol. The fourth-order valence-electron chi connectivity index (χ4n) is 3.31. The van der Waals surface area contributed by atoms with Gasteiger partial charge in [-0.05, 0) is 52.4 Å². The second-order valence-electron chi connectivity index (χ2n) is 6.45. The molecule has 5 heteroatoms. The van der Waals surface area contributed by atoms with Crippen molar-refractivity contribution in [2.45, 2.75) is 76.5 Å². The lowest BCUT2D eigenvalue weighted by Crippen LogP contribution is -2.50. The van der Waals surface area contributed by atoms with Gasteiger partial charge in [0.1, 0.15) is 0 Å². The van der Waals surface area contributed by atoms with Gasteiger partial charge in [-0.1, -0.05) is 0 Å². The van der Waals surface area contributed by atoms with Crippen LogP contribution in [0, 0.1) is 0 Å². The molecule has 2 N–H and O–H groups in total. The van der Waals surface area contributed by atoms with Crippen molar-refractivity contribution in [1.82, 2.24) is 15.5 Å². The maximum atomic E-state index is 4.60. The standard InChI is InChI=1S/C15H28N4.HI/c1-3-16-15(17-12-5-4-6-12)18-13-9-11(2)19(10-13)14-7-8-14;/h11-14H,3-10H2,1-2H3,(H2,16,17,18);1H. The summed E-state index contributed by atoms with van der Waals surface area (Å²) in [7, 11) is 0. The summed E-state index contributed by atoms with van der Waals surface area (Å²) in [6.07, 6.45) is 8.05. The zero-order valence-corrected chi connectivity index (χ0v) is 15.1. The highest BCUT2D eigenvalue weighted by Crippen LogP contribution is 2.33. The number of hydrogen-bond donors (Lipinski definition) is 2. The third-order valence-corrected chi connectivity index (χ3v) is 4.74. The molecule has 2 unspecified atom stereocenters. The predicted octanol–water partition coefficient (Wildman–Crippen LogP) is 2.34. The van der Waals surface area contributed by atoms with Crippen LogP contribution in [0.25, 0.3) is 0 Å². The van der Waals surface area contributed by atoms with Gasteiger partial charge in [0, 0.05) is 37.3 Å². The molecular weight excluding hydrogens is 363 g/mol. The van der Waals surface area contributed by atoms with Crippen LogP contribution in [0.2, 0.25) is 0 Å². The first-order valence-corrected chi connectivity index (χ1v) is 8.09. The van der Waals surface area contributed by atoms with Crippen LogP contribution in [0.5, 0.6) is 0 Å². The molecule has 0 aromatic heterocycles. The quantitative estimate of drug-likeness (QED) is 0.438. The lowest BCUT2D eigenvalue weighted by atomic mass is 9.93. The van der Waals surface area contributed by atoms with Crippen LogP contribution in [-0.2, 0) is 0 Å². The summed E-state index contributed by atoms with van der Waals surface area (Å²) in [6, 6.07) is 2.86. The highest BCUT2D eigenvalue weighted by atomic mass is 127. The minimum absolute atomic E-state index is 0. The van der Waals surface area contributed by atoms with Gasteiger partial charge in [-0.2, -0.15) is 0 Å². The van der Waals surface area contributed by atoms with Crippen molar-refractivity contribution in [3.63, 3.8) is 0 Å². The highest BCUT2D eigenvalue weighted by Gasteiger charge is 2.39. The fourth-order valence-corrected chi connectivity index (χ4v) is 3.31. The number of aliphatic imine (C=N–C) groups is 1. The molecule has 0 bridgehead atoms. The third-order valence-electron chi connectivity index (χ3n) is 4.74. The van der Waals surface area contributed by atoms with E-state index in [1.165, 1.54) is 45.1 Å². The van der Waals surface area contributed by atoms with Crippen LogP contribution in [0.3, 0.4) is 0 Å². The van der Waals surface area contributed by atoms with E-state index in [0.717, 1.165) is 24.6 Å². The molecule has 20 heavy (non-hydrogen) atoms. The van der Waals surface area contributed by atoms with E-state index in [4.69, 9.17) is 0 Å². The van der Waals surface area contributed by atoms with Crippen molar-refractivity contribution >= 4 is 29.9 Å². The maximum absolute atomic E-state index is 4.60. The van der Waals surface area contributed by atoms with Crippen molar-refractivity contribution in [2.75, 3.05) is 13.1 Å². The van der Waals surface area contributed by atoms with E-state index in [9.17, 15) is 0 Å². The Morgan fingerprint density at radius 1 is 1.15 bits per heavy atom. The van der Waals surface area contributed by atoms with Gasteiger partial charge in [-0.15, -0.1) is 24.0 Å². The van der Waals surface area contributed by atoms with E-state index >= 15 is 0 Å². The first-order chi connectivity index (χ1) is 9.26. The van der Waals surface area contributed by atoms with Gasteiger partial charge in [0.25, 0.3) is 0 Å². The Morgan fingerprint density at radius 2 is 1.85 bits per heavy atom. The average molecular weight is 392 g/mol. The Balaban J connectivity index is 0.00000147. The van der Waals surface area contributed by atoms with Crippen LogP contribution in [0.1, 0.15) is 52.4 Å². The number of likely N-dealkylation sites (tertiary alicyclic amines) is 1. The van der Waals surface area contributed by atoms with Gasteiger partial charge < -0.3 is 10.6 Å². The fraction of sp³-hybridized carbons (Fsp3) is 0.933. The number of nitrogens with zero attached hydrogens (tertiary/aromatic N) is 2.